The molecule has 1 aromatic carbocycles. The van der Waals surface area contributed by atoms with Crippen molar-refractivity contribution >= 4 is 27.3 Å². The minimum atomic E-state index is -3.90. The molecule has 0 radical (unpaired) electrons. The lowest BCUT2D eigenvalue weighted by Crippen LogP contribution is -2.52. The number of benzene rings is 1. The Morgan fingerprint density at radius 3 is 2.69 bits per heavy atom. The van der Waals surface area contributed by atoms with Crippen LogP contribution in [0.4, 0.5) is 0 Å². The van der Waals surface area contributed by atoms with Gasteiger partial charge in [-0.15, -0.1) is 11.3 Å². The molecule has 2 aliphatic rings. The minimum absolute atomic E-state index is 0.0546. The van der Waals surface area contributed by atoms with Crippen molar-refractivity contribution in [3.05, 3.63) is 40.1 Å². The van der Waals surface area contributed by atoms with Crippen LogP contribution in [-0.2, 0) is 27.8 Å². The summed E-state index contributed by atoms with van der Waals surface area (Å²) in [5.41, 5.74) is 1.15. The third-order valence-corrected chi connectivity index (χ3v) is 7.62. The van der Waals surface area contributed by atoms with E-state index >= 15 is 0 Å². The first-order valence-electron chi connectivity index (χ1n) is 9.61. The molecule has 0 saturated carbocycles. The zero-order valence-corrected chi connectivity index (χ0v) is 18.0. The maximum atomic E-state index is 13.2. The summed E-state index contributed by atoms with van der Waals surface area (Å²) in [7, 11) is -3.90. The van der Waals surface area contributed by atoms with Gasteiger partial charge in [0.15, 0.2) is 11.5 Å². The molecule has 0 spiro atoms. The number of thiophene rings is 1. The Morgan fingerprint density at radius 1 is 1.17 bits per heavy atom. The minimum Gasteiger partial charge on any atom is -0.486 e. The van der Waals surface area contributed by atoms with Crippen molar-refractivity contribution in [1.29, 1.82) is 0 Å². The van der Waals surface area contributed by atoms with E-state index in [0.717, 1.165) is 12.0 Å². The summed E-state index contributed by atoms with van der Waals surface area (Å²) in [6.45, 7) is 5.61. The molecule has 1 atom stereocenters. The van der Waals surface area contributed by atoms with Crippen molar-refractivity contribution in [2.24, 2.45) is 5.92 Å². The topological polar surface area (TPSA) is 84.9 Å². The molecule has 156 valence electrons. The van der Waals surface area contributed by atoms with E-state index in [1.54, 1.807) is 22.3 Å². The van der Waals surface area contributed by atoms with Crippen LogP contribution >= 0.6 is 11.3 Å². The van der Waals surface area contributed by atoms with Crippen LogP contribution < -0.4 is 14.2 Å². The first kappa shape index (κ1) is 20.2. The fraction of sp³-hybridized carbons (Fsp3) is 0.450. The second kappa shape index (κ2) is 7.97. The highest BCUT2D eigenvalue weighted by Crippen LogP contribution is 2.32. The number of hydrogen-bond acceptors (Lipinski definition) is 6. The molecule has 2 aliphatic heterocycles. The molecule has 0 saturated heterocycles. The van der Waals surface area contributed by atoms with Crippen LogP contribution in [0, 0.1) is 5.92 Å². The van der Waals surface area contributed by atoms with Crippen LogP contribution in [0.1, 0.15) is 24.3 Å². The zero-order valence-electron chi connectivity index (χ0n) is 16.4. The Balaban J connectivity index is 1.54. The molecule has 29 heavy (non-hydrogen) atoms. The Kier molecular flexibility index (Phi) is 5.54. The number of rotatable bonds is 5. The average Bonchev–Trinajstić information content (AvgIpc) is 3.19. The molecular weight excluding hydrogens is 412 g/mol. The predicted octanol–water partition coefficient (Wildman–Crippen LogP) is 2.41. The summed E-state index contributed by atoms with van der Waals surface area (Å²) in [6.07, 6.45) is 0.804. The normalized spacial score (nSPS) is 17.1. The lowest BCUT2D eigenvalue weighted by Gasteiger charge is -2.32. The molecule has 0 aliphatic carbocycles. The number of carbonyl (C=O) groups is 1. The number of amides is 1. The molecule has 3 heterocycles. The number of ether oxygens (including phenoxy) is 2. The smallest absolute Gasteiger partial charge is 0.241 e. The van der Waals surface area contributed by atoms with Crippen LogP contribution in [0.25, 0.3) is 0 Å². The van der Waals surface area contributed by atoms with Crippen molar-refractivity contribution < 1.29 is 22.7 Å². The van der Waals surface area contributed by atoms with Crippen LogP contribution in [0.5, 0.6) is 11.5 Å². The third-order valence-electron chi connectivity index (χ3n) is 5.16. The van der Waals surface area contributed by atoms with Crippen LogP contribution in [-0.4, -0.2) is 45.0 Å². The Labute approximate surface area is 174 Å². The summed E-state index contributed by atoms with van der Waals surface area (Å²) in [5, 5.41) is 2.03. The van der Waals surface area contributed by atoms with E-state index in [9.17, 15) is 13.2 Å². The van der Waals surface area contributed by atoms with E-state index in [0.29, 0.717) is 37.8 Å². The van der Waals surface area contributed by atoms with Crippen molar-refractivity contribution in [3.63, 3.8) is 0 Å². The lowest BCUT2D eigenvalue weighted by molar-refractivity contribution is -0.134. The third kappa shape index (κ3) is 4.12. The van der Waals surface area contributed by atoms with Gasteiger partial charge in [-0.3, -0.25) is 4.79 Å². The summed E-state index contributed by atoms with van der Waals surface area (Å²) in [6, 6.07) is 5.68. The second-order valence-corrected chi connectivity index (χ2v) is 10.2. The Morgan fingerprint density at radius 2 is 1.93 bits per heavy atom. The van der Waals surface area contributed by atoms with Gasteiger partial charge in [0.05, 0.1) is 4.90 Å². The second-order valence-electron chi connectivity index (χ2n) is 7.53. The molecule has 1 amide bonds. The number of nitrogens with one attached hydrogen (secondary N) is 1. The quantitative estimate of drug-likeness (QED) is 0.778. The van der Waals surface area contributed by atoms with Gasteiger partial charge in [0.1, 0.15) is 19.3 Å². The van der Waals surface area contributed by atoms with Gasteiger partial charge in [0.25, 0.3) is 0 Å². The van der Waals surface area contributed by atoms with Crippen molar-refractivity contribution in [2.75, 3.05) is 19.8 Å². The largest absolute Gasteiger partial charge is 0.486 e. The van der Waals surface area contributed by atoms with E-state index in [2.05, 4.69) is 4.72 Å². The Hall–Kier alpha value is -2.10. The molecule has 7 nitrogen and oxygen atoms in total. The summed E-state index contributed by atoms with van der Waals surface area (Å²) in [5.74, 6) is 0.524. The van der Waals surface area contributed by atoms with Gasteiger partial charge in [-0.25, -0.2) is 8.42 Å². The monoisotopic (exact) mass is 436 g/mol. The SMILES string of the molecule is CC(C)[C@@H](NS(=O)(=O)c1ccc2c(c1)OCCO2)C(=O)N1CCc2sccc2C1. The van der Waals surface area contributed by atoms with Gasteiger partial charge in [0, 0.05) is 24.0 Å². The molecule has 9 heteroatoms. The van der Waals surface area contributed by atoms with Crippen LogP contribution in [0.15, 0.2) is 34.5 Å². The molecule has 0 fully saturated rings. The van der Waals surface area contributed by atoms with E-state index in [1.807, 2.05) is 25.3 Å². The number of carbonyl (C=O) groups excluding carboxylic acids is 1. The fourth-order valence-corrected chi connectivity index (χ4v) is 5.77. The van der Waals surface area contributed by atoms with E-state index < -0.39 is 16.1 Å². The molecule has 2 aromatic rings. The van der Waals surface area contributed by atoms with Gasteiger partial charge >= 0.3 is 0 Å². The van der Waals surface area contributed by atoms with E-state index in [-0.39, 0.29) is 16.7 Å². The van der Waals surface area contributed by atoms with Gasteiger partial charge in [-0.2, -0.15) is 4.72 Å². The van der Waals surface area contributed by atoms with E-state index in [1.165, 1.54) is 17.0 Å². The first-order valence-corrected chi connectivity index (χ1v) is 12.0. The van der Waals surface area contributed by atoms with Crippen molar-refractivity contribution in [2.45, 2.75) is 37.8 Å². The number of nitrogens with zero attached hydrogens (tertiary/aromatic N) is 1. The fourth-order valence-electron chi connectivity index (χ4n) is 3.53. The van der Waals surface area contributed by atoms with Crippen LogP contribution in [0.3, 0.4) is 0 Å². The number of fused-ring (bicyclic) bond motifs is 2. The van der Waals surface area contributed by atoms with Crippen LogP contribution in [0.2, 0.25) is 0 Å². The highest BCUT2D eigenvalue weighted by molar-refractivity contribution is 7.89. The van der Waals surface area contributed by atoms with Crippen molar-refractivity contribution in [3.8, 4) is 11.5 Å². The summed E-state index contributed by atoms with van der Waals surface area (Å²) >= 11 is 1.70. The zero-order chi connectivity index (χ0) is 20.6. The number of sulfonamides is 1. The van der Waals surface area contributed by atoms with Gasteiger partial charge in [-0.1, -0.05) is 13.8 Å². The molecule has 0 bridgehead atoms. The molecule has 1 aromatic heterocycles. The predicted molar refractivity (Wildman–Crippen MR) is 110 cm³/mol. The summed E-state index contributed by atoms with van der Waals surface area (Å²) < 4.78 is 39.6. The van der Waals surface area contributed by atoms with Gasteiger partial charge in [-0.05, 0) is 41.5 Å². The molecular formula is C20H24N2O5S2. The maximum Gasteiger partial charge on any atom is 0.241 e. The van der Waals surface area contributed by atoms with Gasteiger partial charge < -0.3 is 14.4 Å². The number of hydrogen-bond donors (Lipinski definition) is 1. The summed E-state index contributed by atoms with van der Waals surface area (Å²) in [4.78, 5) is 16.3. The molecule has 4 rings (SSSR count). The highest BCUT2D eigenvalue weighted by Gasteiger charge is 2.33. The maximum absolute atomic E-state index is 13.2. The average molecular weight is 437 g/mol. The standard InChI is InChI=1S/C20H24N2O5S2/c1-13(2)19(20(23)22-7-5-18-14(12-22)6-10-28-18)21-29(24,25)15-3-4-16-17(11-15)27-9-8-26-16/h3-4,6,10-11,13,19,21H,5,7-9,12H2,1-2H3/t19-/m1/s1. The first-order chi connectivity index (χ1) is 13.8. The van der Waals surface area contributed by atoms with E-state index in [4.69, 9.17) is 9.47 Å². The van der Waals surface area contributed by atoms with Crippen molar-refractivity contribution in [1.82, 2.24) is 9.62 Å². The van der Waals surface area contributed by atoms with Gasteiger partial charge in [0.2, 0.25) is 15.9 Å². The lowest BCUT2D eigenvalue weighted by atomic mass is 10.0. The molecule has 0 unspecified atom stereocenters. The Bertz CT molecular complexity index is 1020. The highest BCUT2D eigenvalue weighted by atomic mass is 32.2. The molecule has 1 N–H and O–H groups in total.